The number of nitrogen functional groups attached to an aromatic ring is 1. The van der Waals surface area contributed by atoms with Gasteiger partial charge in [-0.1, -0.05) is 0 Å². The molecule has 1 aromatic heterocycles. The highest BCUT2D eigenvalue weighted by Crippen LogP contribution is 2.42. The number of aromatic nitrogens is 2. The number of anilines is 2. The Balaban J connectivity index is 1.59. The summed E-state index contributed by atoms with van der Waals surface area (Å²) in [7, 11) is 0. The fourth-order valence-corrected chi connectivity index (χ4v) is 3.37. The predicted molar refractivity (Wildman–Crippen MR) is 105 cm³/mol. The van der Waals surface area contributed by atoms with Crippen LogP contribution >= 0.6 is 0 Å². The minimum absolute atomic E-state index is 0.0177. The summed E-state index contributed by atoms with van der Waals surface area (Å²) in [4.78, 5) is 10.9. The van der Waals surface area contributed by atoms with Gasteiger partial charge in [0.15, 0.2) is 0 Å². The Morgan fingerprint density at radius 3 is 2.85 bits per heavy atom. The van der Waals surface area contributed by atoms with Crippen molar-refractivity contribution in [3.8, 4) is 5.75 Å². The molecule has 7 heteroatoms. The van der Waals surface area contributed by atoms with E-state index >= 15 is 0 Å². The summed E-state index contributed by atoms with van der Waals surface area (Å²) < 4.78 is 11.6. The molecule has 0 unspecified atom stereocenters. The van der Waals surface area contributed by atoms with Crippen LogP contribution < -0.4 is 15.4 Å². The van der Waals surface area contributed by atoms with Gasteiger partial charge in [0.1, 0.15) is 17.9 Å². The van der Waals surface area contributed by atoms with Gasteiger partial charge in [-0.15, -0.1) is 0 Å². The second-order valence-corrected chi connectivity index (χ2v) is 7.51. The SMILES string of the molecule is CC(C)Oc1ccc(N)c(C(=N)c2cc(N3CCOC4(CC4)C3)ncn2)c1. The Morgan fingerprint density at radius 1 is 1.30 bits per heavy atom. The first-order chi connectivity index (χ1) is 13.0. The maximum atomic E-state index is 8.62. The highest BCUT2D eigenvalue weighted by Gasteiger charge is 2.47. The van der Waals surface area contributed by atoms with Crippen LogP contribution in [-0.4, -0.2) is 47.1 Å². The standard InChI is InChI=1S/C20H25N5O2/c1-13(2)27-14-3-4-16(21)15(9-14)19(22)17-10-18(24-12-23-17)25-7-8-26-20(11-25)5-6-20/h3-4,9-10,12-13,22H,5-8,11,21H2,1-2H3. The zero-order chi connectivity index (χ0) is 19.0. The van der Waals surface area contributed by atoms with Crippen molar-refractivity contribution >= 4 is 17.2 Å². The zero-order valence-corrected chi connectivity index (χ0v) is 15.7. The second-order valence-electron chi connectivity index (χ2n) is 7.51. The molecule has 2 aromatic rings. The summed E-state index contributed by atoms with van der Waals surface area (Å²) in [6.07, 6.45) is 3.78. The van der Waals surface area contributed by atoms with Crippen LogP contribution in [0.1, 0.15) is 37.9 Å². The van der Waals surface area contributed by atoms with E-state index in [9.17, 15) is 0 Å². The molecule has 2 heterocycles. The predicted octanol–water partition coefficient (Wildman–Crippen LogP) is 2.63. The van der Waals surface area contributed by atoms with E-state index in [1.807, 2.05) is 26.0 Å². The van der Waals surface area contributed by atoms with Crippen molar-refractivity contribution in [2.45, 2.75) is 38.4 Å². The average Bonchev–Trinajstić information content (AvgIpc) is 3.41. The zero-order valence-electron chi connectivity index (χ0n) is 15.7. The van der Waals surface area contributed by atoms with Crippen LogP contribution in [0.5, 0.6) is 5.75 Å². The van der Waals surface area contributed by atoms with Crippen molar-refractivity contribution in [1.82, 2.24) is 9.97 Å². The molecule has 27 heavy (non-hydrogen) atoms. The Hall–Kier alpha value is -2.67. The lowest BCUT2D eigenvalue weighted by atomic mass is 10.0. The first-order valence-corrected chi connectivity index (χ1v) is 9.32. The number of nitrogens with two attached hydrogens (primary N) is 1. The van der Waals surface area contributed by atoms with Crippen LogP contribution in [0.2, 0.25) is 0 Å². The molecule has 7 nitrogen and oxygen atoms in total. The Labute approximate surface area is 159 Å². The van der Waals surface area contributed by atoms with Gasteiger partial charge < -0.3 is 20.1 Å². The number of hydrogen-bond donors (Lipinski definition) is 2. The third kappa shape index (κ3) is 3.73. The minimum atomic E-state index is 0.0177. The molecule has 1 aliphatic heterocycles. The molecule has 142 valence electrons. The average molecular weight is 367 g/mol. The quantitative estimate of drug-likeness (QED) is 0.623. The van der Waals surface area contributed by atoms with Gasteiger partial charge in [0.25, 0.3) is 0 Å². The fraction of sp³-hybridized carbons (Fsp3) is 0.450. The topological polar surface area (TPSA) is 97.4 Å². The van der Waals surface area contributed by atoms with Crippen molar-refractivity contribution in [3.05, 3.63) is 41.9 Å². The molecule has 1 aromatic carbocycles. The maximum absolute atomic E-state index is 8.62. The van der Waals surface area contributed by atoms with Crippen LogP contribution in [0, 0.1) is 5.41 Å². The van der Waals surface area contributed by atoms with E-state index in [2.05, 4.69) is 14.9 Å². The largest absolute Gasteiger partial charge is 0.491 e. The van der Waals surface area contributed by atoms with Crippen molar-refractivity contribution in [2.24, 2.45) is 0 Å². The molecule has 1 aliphatic carbocycles. The normalized spacial score (nSPS) is 18.0. The Kier molecular flexibility index (Phi) is 4.47. The third-order valence-electron chi connectivity index (χ3n) is 4.95. The number of nitrogens with one attached hydrogen (secondary N) is 1. The van der Waals surface area contributed by atoms with E-state index in [4.69, 9.17) is 20.6 Å². The van der Waals surface area contributed by atoms with Crippen molar-refractivity contribution in [3.63, 3.8) is 0 Å². The molecule has 2 aliphatic rings. The summed E-state index contributed by atoms with van der Waals surface area (Å²) in [5, 5.41) is 8.62. The van der Waals surface area contributed by atoms with Gasteiger partial charge in [0.05, 0.1) is 29.7 Å². The number of morpholine rings is 1. The molecule has 1 saturated carbocycles. The Bertz CT molecular complexity index is 863. The van der Waals surface area contributed by atoms with E-state index in [1.165, 1.54) is 6.33 Å². The van der Waals surface area contributed by atoms with E-state index in [0.29, 0.717) is 29.3 Å². The van der Waals surface area contributed by atoms with Crippen LogP contribution in [0.25, 0.3) is 0 Å². The number of hydrogen-bond acceptors (Lipinski definition) is 7. The maximum Gasteiger partial charge on any atom is 0.132 e. The number of benzene rings is 1. The van der Waals surface area contributed by atoms with Crippen LogP contribution in [0.3, 0.4) is 0 Å². The molecular formula is C20H25N5O2. The van der Waals surface area contributed by atoms with Crippen LogP contribution in [-0.2, 0) is 4.74 Å². The van der Waals surface area contributed by atoms with E-state index in [0.717, 1.165) is 31.7 Å². The van der Waals surface area contributed by atoms with E-state index < -0.39 is 0 Å². The summed E-state index contributed by atoms with van der Waals surface area (Å²) in [5.74, 6) is 1.52. The molecule has 1 saturated heterocycles. The Morgan fingerprint density at radius 2 is 2.11 bits per heavy atom. The summed E-state index contributed by atoms with van der Waals surface area (Å²) in [5.41, 5.74) is 8.08. The van der Waals surface area contributed by atoms with Gasteiger partial charge >= 0.3 is 0 Å². The smallest absolute Gasteiger partial charge is 0.132 e. The van der Waals surface area contributed by atoms with Gasteiger partial charge in [-0.3, -0.25) is 5.41 Å². The van der Waals surface area contributed by atoms with E-state index in [1.54, 1.807) is 12.1 Å². The van der Waals surface area contributed by atoms with Gasteiger partial charge in [-0.05, 0) is 44.9 Å². The molecule has 2 fully saturated rings. The van der Waals surface area contributed by atoms with Crippen LogP contribution in [0.15, 0.2) is 30.6 Å². The molecule has 0 amide bonds. The molecule has 0 bridgehead atoms. The summed E-state index contributed by atoms with van der Waals surface area (Å²) >= 11 is 0. The number of nitrogens with zero attached hydrogens (tertiary/aromatic N) is 3. The summed E-state index contributed by atoms with van der Waals surface area (Å²) in [6.45, 7) is 6.28. The lowest BCUT2D eigenvalue weighted by molar-refractivity contribution is 0.0203. The molecule has 3 N–H and O–H groups in total. The number of rotatable bonds is 5. The van der Waals surface area contributed by atoms with Crippen molar-refractivity contribution in [2.75, 3.05) is 30.3 Å². The monoisotopic (exact) mass is 367 g/mol. The second kappa shape index (κ2) is 6.81. The van der Waals surface area contributed by atoms with E-state index in [-0.39, 0.29) is 17.4 Å². The highest BCUT2D eigenvalue weighted by molar-refractivity contribution is 6.13. The van der Waals surface area contributed by atoms with Crippen LogP contribution in [0.4, 0.5) is 11.5 Å². The van der Waals surface area contributed by atoms with Crippen molar-refractivity contribution in [1.29, 1.82) is 5.41 Å². The molecular weight excluding hydrogens is 342 g/mol. The first kappa shape index (κ1) is 17.7. The highest BCUT2D eigenvalue weighted by atomic mass is 16.5. The third-order valence-corrected chi connectivity index (χ3v) is 4.95. The van der Waals surface area contributed by atoms with Crippen molar-refractivity contribution < 1.29 is 9.47 Å². The molecule has 1 spiro atoms. The fourth-order valence-electron chi connectivity index (χ4n) is 3.37. The molecule has 4 rings (SSSR count). The lowest BCUT2D eigenvalue weighted by Gasteiger charge is -2.34. The minimum Gasteiger partial charge on any atom is -0.491 e. The lowest BCUT2D eigenvalue weighted by Crippen LogP contribution is -2.44. The van der Waals surface area contributed by atoms with Gasteiger partial charge in [-0.2, -0.15) is 0 Å². The van der Waals surface area contributed by atoms with Gasteiger partial charge in [-0.25, -0.2) is 9.97 Å². The summed E-state index contributed by atoms with van der Waals surface area (Å²) in [6, 6.07) is 7.25. The van der Waals surface area contributed by atoms with Gasteiger partial charge in [0.2, 0.25) is 0 Å². The molecule has 0 radical (unpaired) electrons. The first-order valence-electron chi connectivity index (χ1n) is 9.32. The van der Waals surface area contributed by atoms with Gasteiger partial charge in [0, 0.05) is 30.4 Å². The molecule has 0 atom stereocenters. The number of ether oxygens (including phenoxy) is 2.